The zero-order chi connectivity index (χ0) is 24.7. The van der Waals surface area contributed by atoms with Crippen LogP contribution in [0.1, 0.15) is 77.0 Å². The molecule has 2 aromatic heterocycles. The monoisotopic (exact) mass is 493 g/mol. The predicted molar refractivity (Wildman–Crippen MR) is 138 cm³/mol. The van der Waals surface area contributed by atoms with Gasteiger partial charge in [0.15, 0.2) is 5.65 Å². The van der Waals surface area contributed by atoms with Crippen molar-refractivity contribution < 1.29 is 14.9 Å². The molecule has 36 heavy (non-hydrogen) atoms. The fourth-order valence-corrected chi connectivity index (χ4v) is 10.9. The Morgan fingerprint density at radius 3 is 2.75 bits per heavy atom. The molecule has 1 unspecified atom stereocenters. The van der Waals surface area contributed by atoms with Crippen molar-refractivity contribution in [3.63, 3.8) is 0 Å². The van der Waals surface area contributed by atoms with E-state index in [0.717, 1.165) is 55.5 Å². The summed E-state index contributed by atoms with van der Waals surface area (Å²) >= 11 is 0. The van der Waals surface area contributed by atoms with Gasteiger partial charge < -0.3 is 19.9 Å². The van der Waals surface area contributed by atoms with E-state index >= 15 is 0 Å². The van der Waals surface area contributed by atoms with Crippen molar-refractivity contribution in [1.82, 2.24) is 15.0 Å². The number of imidazole rings is 1. The summed E-state index contributed by atoms with van der Waals surface area (Å²) in [6, 6.07) is 4.02. The third-order valence-corrected chi connectivity index (χ3v) is 12.3. The van der Waals surface area contributed by atoms with E-state index in [1.807, 2.05) is 19.4 Å². The predicted octanol–water partition coefficient (Wildman–Crippen LogP) is 4.90. The molecule has 2 heterocycles. The number of aryl methyl sites for hydroxylation is 1. The van der Waals surface area contributed by atoms with Crippen LogP contribution >= 0.6 is 0 Å². The molecular weight excluding hydrogens is 450 g/mol. The average Bonchev–Trinajstić information content (AvgIpc) is 3.55. The highest BCUT2D eigenvalue weighted by Gasteiger charge is 2.69. The minimum atomic E-state index is -0.223. The van der Waals surface area contributed by atoms with Gasteiger partial charge in [-0.1, -0.05) is 6.92 Å². The largest absolute Gasteiger partial charge is 0.393 e. The van der Waals surface area contributed by atoms with E-state index in [-0.39, 0.29) is 23.0 Å². The lowest BCUT2D eigenvalue weighted by Gasteiger charge is -2.64. The Morgan fingerprint density at radius 2 is 1.92 bits per heavy atom. The molecule has 6 nitrogen and oxygen atoms in total. The molecule has 1 spiro atoms. The highest BCUT2D eigenvalue weighted by molar-refractivity contribution is 5.69. The first kappa shape index (κ1) is 23.6. The van der Waals surface area contributed by atoms with Gasteiger partial charge in [-0.25, -0.2) is 9.97 Å². The SMILES string of the molecule is CO[C@H]1C[C@H]2[C@@H]([C@H](O)C[C@@H]3C[C@H](O)CC[C@@]32C)[C@@H]2CC[C@@H]3C(CCc4nc5ncccc5[nH]4)CC[C@@]132. The van der Waals surface area contributed by atoms with Crippen LogP contribution in [0.15, 0.2) is 18.3 Å². The number of fused-ring (bicyclic) bond motifs is 5. The second-order valence-electron chi connectivity index (χ2n) is 13.4. The standard InChI is InChI=1S/C30H43N3O3/c1-29-11-10-19(34)14-18(29)15-24(35)27-21-7-6-20-17(9-12-30(20,21)25(36-2)16-22(27)29)5-8-26-32-23-4-3-13-31-28(23)33-26/h3-4,13,17-22,24-25,27,34-35H,5-12,14-16H2,1-2H3,(H,31,32,33)/t17?,18-,19+,20+,21-,22-,24+,25-,27-,29-,30+/m0/s1. The summed E-state index contributed by atoms with van der Waals surface area (Å²) in [6.45, 7) is 2.49. The molecule has 5 aliphatic rings. The Balaban J connectivity index is 1.14. The molecule has 11 atom stereocenters. The number of hydrogen-bond donors (Lipinski definition) is 3. The Bertz CT molecular complexity index is 1090. The van der Waals surface area contributed by atoms with Gasteiger partial charge in [-0.05, 0) is 117 Å². The zero-order valence-corrected chi connectivity index (χ0v) is 21.9. The number of hydrogen-bond acceptors (Lipinski definition) is 5. The highest BCUT2D eigenvalue weighted by atomic mass is 16.5. The Morgan fingerprint density at radius 1 is 1.06 bits per heavy atom. The van der Waals surface area contributed by atoms with E-state index in [4.69, 9.17) is 9.72 Å². The molecule has 0 amide bonds. The van der Waals surface area contributed by atoms with E-state index in [2.05, 4.69) is 23.0 Å². The highest BCUT2D eigenvalue weighted by Crippen LogP contribution is 2.72. The number of methoxy groups -OCH3 is 1. The molecule has 3 N–H and O–H groups in total. The van der Waals surface area contributed by atoms with Crippen molar-refractivity contribution in [2.75, 3.05) is 7.11 Å². The number of aliphatic hydroxyl groups is 2. The molecule has 0 radical (unpaired) electrons. The number of aromatic amines is 1. The van der Waals surface area contributed by atoms with Crippen molar-refractivity contribution in [2.24, 2.45) is 46.3 Å². The summed E-state index contributed by atoms with van der Waals surface area (Å²) < 4.78 is 6.43. The van der Waals surface area contributed by atoms with Gasteiger partial charge in [0.05, 0.1) is 23.8 Å². The van der Waals surface area contributed by atoms with Crippen molar-refractivity contribution >= 4 is 11.2 Å². The van der Waals surface area contributed by atoms with Gasteiger partial charge >= 0.3 is 0 Å². The first-order chi connectivity index (χ1) is 17.4. The molecule has 0 aromatic carbocycles. The van der Waals surface area contributed by atoms with Crippen LogP contribution in [-0.2, 0) is 11.2 Å². The first-order valence-electron chi connectivity index (χ1n) is 14.6. The average molecular weight is 494 g/mol. The maximum atomic E-state index is 11.6. The summed E-state index contributed by atoms with van der Waals surface area (Å²) in [4.78, 5) is 12.6. The number of H-pyrrole nitrogens is 1. The lowest BCUT2D eigenvalue weighted by molar-refractivity contribution is -0.211. The van der Waals surface area contributed by atoms with Crippen molar-refractivity contribution in [2.45, 2.75) is 95.9 Å². The second kappa shape index (κ2) is 8.51. The van der Waals surface area contributed by atoms with E-state index in [1.165, 1.54) is 32.1 Å². The van der Waals surface area contributed by atoms with Crippen LogP contribution in [0.25, 0.3) is 11.2 Å². The Kier molecular flexibility index (Phi) is 5.58. The zero-order valence-electron chi connectivity index (χ0n) is 21.9. The number of nitrogens with zero attached hydrogens (tertiary/aromatic N) is 2. The van der Waals surface area contributed by atoms with Crippen LogP contribution in [0.5, 0.6) is 0 Å². The minimum Gasteiger partial charge on any atom is -0.393 e. The van der Waals surface area contributed by atoms with Crippen LogP contribution in [-0.4, -0.2) is 50.6 Å². The van der Waals surface area contributed by atoms with Crippen molar-refractivity contribution in [1.29, 1.82) is 0 Å². The summed E-state index contributed by atoms with van der Waals surface area (Å²) in [5.41, 5.74) is 2.31. The van der Waals surface area contributed by atoms with Gasteiger partial charge in [-0.2, -0.15) is 0 Å². The normalized spacial score (nSPS) is 47.8. The second-order valence-corrected chi connectivity index (χ2v) is 13.4. The molecule has 0 saturated heterocycles. The van der Waals surface area contributed by atoms with Gasteiger partial charge in [0.1, 0.15) is 5.82 Å². The number of ether oxygens (including phenoxy) is 1. The summed E-state index contributed by atoms with van der Waals surface area (Å²) in [5, 5.41) is 22.0. The number of aliphatic hydroxyl groups excluding tert-OH is 2. The maximum absolute atomic E-state index is 11.6. The topological polar surface area (TPSA) is 91.3 Å². The summed E-state index contributed by atoms with van der Waals surface area (Å²) in [6.07, 6.45) is 13.8. The number of pyridine rings is 1. The van der Waals surface area contributed by atoms with Crippen LogP contribution < -0.4 is 0 Å². The molecule has 0 aliphatic heterocycles. The molecule has 5 aliphatic carbocycles. The van der Waals surface area contributed by atoms with E-state index in [0.29, 0.717) is 41.6 Å². The number of nitrogens with one attached hydrogen (secondary N) is 1. The van der Waals surface area contributed by atoms with E-state index in [9.17, 15) is 10.2 Å². The van der Waals surface area contributed by atoms with Gasteiger partial charge in [-0.15, -0.1) is 0 Å². The fraction of sp³-hybridized carbons (Fsp3) is 0.800. The lowest BCUT2D eigenvalue weighted by Crippen LogP contribution is -2.62. The first-order valence-corrected chi connectivity index (χ1v) is 14.6. The fourth-order valence-electron chi connectivity index (χ4n) is 10.9. The van der Waals surface area contributed by atoms with Crippen molar-refractivity contribution in [3.8, 4) is 0 Å². The molecule has 2 aromatic rings. The Labute approximate surface area is 214 Å². The van der Waals surface area contributed by atoms with Crippen LogP contribution in [0, 0.1) is 46.3 Å². The van der Waals surface area contributed by atoms with E-state index in [1.54, 1.807) is 0 Å². The van der Waals surface area contributed by atoms with Crippen molar-refractivity contribution in [3.05, 3.63) is 24.2 Å². The van der Waals surface area contributed by atoms with Gasteiger partial charge in [0.25, 0.3) is 0 Å². The third kappa shape index (κ3) is 3.26. The molecule has 0 bridgehead atoms. The summed E-state index contributed by atoms with van der Waals surface area (Å²) in [5.74, 6) is 4.40. The van der Waals surface area contributed by atoms with Crippen LogP contribution in [0.2, 0.25) is 0 Å². The smallest absolute Gasteiger partial charge is 0.177 e. The van der Waals surface area contributed by atoms with Crippen LogP contribution in [0.3, 0.4) is 0 Å². The molecule has 6 heteroatoms. The third-order valence-electron chi connectivity index (χ3n) is 12.3. The summed E-state index contributed by atoms with van der Waals surface area (Å²) in [7, 11) is 1.95. The molecule has 5 fully saturated rings. The molecule has 196 valence electrons. The van der Waals surface area contributed by atoms with E-state index < -0.39 is 0 Å². The quantitative estimate of drug-likeness (QED) is 0.564. The van der Waals surface area contributed by atoms with Gasteiger partial charge in [-0.3, -0.25) is 0 Å². The molecule has 7 rings (SSSR count). The van der Waals surface area contributed by atoms with Gasteiger partial charge in [0, 0.05) is 25.1 Å². The van der Waals surface area contributed by atoms with Gasteiger partial charge in [0.2, 0.25) is 0 Å². The molecule has 5 saturated carbocycles. The number of rotatable bonds is 4. The minimum absolute atomic E-state index is 0.186. The van der Waals surface area contributed by atoms with Crippen LogP contribution in [0.4, 0.5) is 0 Å². The number of aromatic nitrogens is 3. The molecular formula is C30H43N3O3. The maximum Gasteiger partial charge on any atom is 0.177 e. The Hall–Kier alpha value is -1.50. The lowest BCUT2D eigenvalue weighted by atomic mass is 9.43.